The first-order chi connectivity index (χ1) is 8.98. The number of rotatable bonds is 7. The first-order valence-corrected chi connectivity index (χ1v) is 10.1. The number of phosphoric acid groups is 1. The molecule has 0 radical (unpaired) electrons. The first kappa shape index (κ1) is 18.3. The van der Waals surface area contributed by atoms with Crippen LogP contribution in [-0.4, -0.2) is 50.6 Å². The topological polar surface area (TPSA) is 160 Å². The summed E-state index contributed by atoms with van der Waals surface area (Å²) in [6, 6.07) is 0. The van der Waals surface area contributed by atoms with Gasteiger partial charge in [-0.1, -0.05) is 0 Å². The molecular formula is C7H16O10P3+. The molecule has 1 saturated heterocycles. The lowest BCUT2D eigenvalue weighted by molar-refractivity contribution is -0.00919. The lowest BCUT2D eigenvalue weighted by Crippen LogP contribution is -2.25. The van der Waals surface area contributed by atoms with Gasteiger partial charge >= 0.3 is 23.4 Å². The number of hydrogen-bond acceptors (Lipinski definition) is 7. The number of hydrogen-bond donors (Lipinski definition) is 4. The summed E-state index contributed by atoms with van der Waals surface area (Å²) in [7, 11) is -12.6. The molecule has 5 atom stereocenters. The van der Waals surface area contributed by atoms with Gasteiger partial charge in [0.2, 0.25) is 0 Å². The van der Waals surface area contributed by atoms with Crippen molar-refractivity contribution in [3.8, 4) is 0 Å². The molecule has 0 aromatic rings. The standard InChI is InChI=1S/C7H15O10P3/c1-5-2-6(8)7(16-5)3-15-18(9)4-19(10,11)17-20(12,13)14/h5-8H,2-4H2,1H3,(H2-,10,11,12,13,14)/p+1/t5-,6?,7+/m0/s1. The summed E-state index contributed by atoms with van der Waals surface area (Å²) in [6.45, 7) is 1.47. The minimum Gasteiger partial charge on any atom is -0.390 e. The minimum atomic E-state index is -5.16. The molecule has 3 unspecified atom stereocenters. The molecule has 10 nitrogen and oxygen atoms in total. The van der Waals surface area contributed by atoms with E-state index in [1.165, 1.54) is 0 Å². The number of aliphatic hydroxyl groups is 1. The molecule has 1 heterocycles. The third kappa shape index (κ3) is 6.83. The van der Waals surface area contributed by atoms with Crippen molar-refractivity contribution in [1.82, 2.24) is 0 Å². The zero-order chi connectivity index (χ0) is 15.6. The van der Waals surface area contributed by atoms with Gasteiger partial charge in [0.15, 0.2) is 0 Å². The Morgan fingerprint density at radius 3 is 2.40 bits per heavy atom. The van der Waals surface area contributed by atoms with Crippen molar-refractivity contribution in [3.63, 3.8) is 0 Å². The average molecular weight is 353 g/mol. The molecule has 0 amide bonds. The molecule has 0 saturated carbocycles. The van der Waals surface area contributed by atoms with Crippen LogP contribution >= 0.6 is 23.4 Å². The van der Waals surface area contributed by atoms with Gasteiger partial charge in [0, 0.05) is 6.42 Å². The molecule has 1 fully saturated rings. The van der Waals surface area contributed by atoms with Gasteiger partial charge in [0.05, 0.1) is 12.2 Å². The van der Waals surface area contributed by atoms with Gasteiger partial charge in [-0.05, 0) is 11.5 Å². The van der Waals surface area contributed by atoms with Crippen LogP contribution in [0.5, 0.6) is 0 Å². The second-order valence-corrected chi connectivity index (χ2v) is 9.23. The van der Waals surface area contributed by atoms with Crippen molar-refractivity contribution in [2.75, 3.05) is 12.5 Å². The van der Waals surface area contributed by atoms with Crippen molar-refractivity contribution in [2.45, 2.75) is 31.7 Å². The Labute approximate surface area is 115 Å². The largest absolute Gasteiger partial charge is 0.521 e. The van der Waals surface area contributed by atoms with Crippen molar-refractivity contribution in [2.24, 2.45) is 0 Å². The van der Waals surface area contributed by atoms with Crippen molar-refractivity contribution >= 4 is 23.4 Å². The van der Waals surface area contributed by atoms with Crippen LogP contribution in [0.2, 0.25) is 0 Å². The van der Waals surface area contributed by atoms with Gasteiger partial charge < -0.3 is 24.5 Å². The van der Waals surface area contributed by atoms with E-state index in [4.69, 9.17) is 23.9 Å². The maximum atomic E-state index is 11.4. The maximum absolute atomic E-state index is 11.4. The Morgan fingerprint density at radius 1 is 1.35 bits per heavy atom. The lowest BCUT2D eigenvalue weighted by Gasteiger charge is -2.10. The highest BCUT2D eigenvalue weighted by Crippen LogP contribution is 2.60. The Hall–Kier alpha value is 0.280. The van der Waals surface area contributed by atoms with E-state index in [1.54, 1.807) is 6.92 Å². The van der Waals surface area contributed by atoms with Gasteiger partial charge in [-0.3, -0.25) is 4.57 Å². The van der Waals surface area contributed by atoms with Crippen molar-refractivity contribution < 1.29 is 47.1 Å². The predicted octanol–water partition coefficient (Wildman–Crippen LogP) is 0.536. The molecule has 0 bridgehead atoms. The molecule has 0 aromatic carbocycles. The van der Waals surface area contributed by atoms with Gasteiger partial charge in [-0.2, -0.15) is 0 Å². The Bertz CT molecular complexity index is 446. The maximum Gasteiger partial charge on any atom is 0.521 e. The summed E-state index contributed by atoms with van der Waals surface area (Å²) < 4.78 is 46.7. The van der Waals surface area contributed by atoms with E-state index in [0.717, 1.165) is 0 Å². The Morgan fingerprint density at radius 2 is 1.95 bits per heavy atom. The molecule has 118 valence electrons. The van der Waals surface area contributed by atoms with E-state index in [1.807, 2.05) is 0 Å². The highest BCUT2D eigenvalue weighted by molar-refractivity contribution is 7.70. The summed E-state index contributed by atoms with van der Waals surface area (Å²) >= 11 is 0. The van der Waals surface area contributed by atoms with Crippen LogP contribution in [0.25, 0.3) is 0 Å². The first-order valence-electron chi connectivity index (χ1n) is 5.48. The van der Waals surface area contributed by atoms with Crippen LogP contribution in [-0.2, 0) is 27.3 Å². The third-order valence-electron chi connectivity index (χ3n) is 2.32. The monoisotopic (exact) mass is 353 g/mol. The van der Waals surface area contributed by atoms with Crippen molar-refractivity contribution in [3.05, 3.63) is 0 Å². The molecule has 13 heteroatoms. The van der Waals surface area contributed by atoms with Gasteiger partial charge in [-0.25, -0.2) is 8.88 Å². The molecule has 1 aliphatic rings. The molecule has 1 rings (SSSR count). The van der Waals surface area contributed by atoms with Crippen molar-refractivity contribution in [1.29, 1.82) is 0 Å². The second-order valence-electron chi connectivity index (χ2n) is 4.27. The van der Waals surface area contributed by atoms with Gasteiger partial charge in [0.25, 0.3) is 5.90 Å². The van der Waals surface area contributed by atoms with Crippen LogP contribution in [0.3, 0.4) is 0 Å². The van der Waals surface area contributed by atoms with E-state index in [9.17, 15) is 18.8 Å². The molecule has 0 spiro atoms. The predicted molar refractivity (Wildman–Crippen MR) is 66.3 cm³/mol. The normalized spacial score (nSPS) is 31.1. The van der Waals surface area contributed by atoms with Crippen LogP contribution in [0.1, 0.15) is 13.3 Å². The minimum absolute atomic E-state index is 0.182. The molecule has 4 N–H and O–H groups in total. The zero-order valence-electron chi connectivity index (χ0n) is 10.4. The highest BCUT2D eigenvalue weighted by atomic mass is 31.3. The summed E-state index contributed by atoms with van der Waals surface area (Å²) in [4.78, 5) is 25.9. The number of aliphatic hydroxyl groups excluding tert-OH is 1. The quantitative estimate of drug-likeness (QED) is 0.475. The summed E-state index contributed by atoms with van der Waals surface area (Å²) in [5, 5.41) is 9.53. The van der Waals surface area contributed by atoms with Crippen LogP contribution in [0.4, 0.5) is 0 Å². The zero-order valence-corrected chi connectivity index (χ0v) is 13.1. The Balaban J connectivity index is 2.40. The van der Waals surface area contributed by atoms with E-state index in [-0.39, 0.29) is 12.7 Å². The fourth-order valence-electron chi connectivity index (χ4n) is 1.62. The summed E-state index contributed by atoms with van der Waals surface area (Å²) in [5.41, 5.74) is 0. The van der Waals surface area contributed by atoms with E-state index >= 15 is 0 Å². The highest BCUT2D eigenvalue weighted by Gasteiger charge is 2.41. The van der Waals surface area contributed by atoms with Gasteiger partial charge in [-0.15, -0.1) is 4.52 Å². The third-order valence-corrected chi connectivity index (χ3v) is 6.98. The lowest BCUT2D eigenvalue weighted by atomic mass is 10.1. The molecule has 1 aliphatic heterocycles. The smallest absolute Gasteiger partial charge is 0.390 e. The number of ether oxygens (including phenoxy) is 1. The van der Waals surface area contributed by atoms with E-state index in [0.29, 0.717) is 6.42 Å². The summed E-state index contributed by atoms with van der Waals surface area (Å²) in [6.07, 6.45) is -1.28. The molecular weight excluding hydrogens is 337 g/mol. The Kier molecular flexibility index (Phi) is 6.44. The fraction of sp³-hybridized carbons (Fsp3) is 1.00. The SMILES string of the molecule is C[C@H]1CC(O)[C@@H](CO[P+](=O)CP(=O)(O)OP(=O)(O)O)O1. The van der Waals surface area contributed by atoms with Crippen LogP contribution < -0.4 is 0 Å². The molecule has 20 heavy (non-hydrogen) atoms. The molecule has 0 aliphatic carbocycles. The summed E-state index contributed by atoms with van der Waals surface area (Å²) in [5.74, 6) is -1.06. The molecule has 0 aromatic heterocycles. The average Bonchev–Trinajstić information content (AvgIpc) is 2.49. The van der Waals surface area contributed by atoms with E-state index < -0.39 is 41.6 Å². The van der Waals surface area contributed by atoms with Crippen LogP contribution in [0, 0.1) is 0 Å². The van der Waals surface area contributed by atoms with E-state index in [2.05, 4.69) is 4.31 Å². The van der Waals surface area contributed by atoms with Crippen LogP contribution in [0.15, 0.2) is 0 Å². The fourth-order valence-corrected chi connectivity index (χ4v) is 5.43. The van der Waals surface area contributed by atoms with Gasteiger partial charge in [0.1, 0.15) is 12.7 Å². The second kappa shape index (κ2) is 7.03.